The predicted molar refractivity (Wildman–Crippen MR) is 113 cm³/mol. The maximum atomic E-state index is 5.60. The predicted octanol–water partition coefficient (Wildman–Crippen LogP) is 5.15. The van der Waals surface area contributed by atoms with E-state index in [9.17, 15) is 0 Å². The molecular formula is C22H18N4OS. The van der Waals surface area contributed by atoms with Crippen molar-refractivity contribution in [2.75, 3.05) is 7.11 Å². The Morgan fingerprint density at radius 3 is 2.79 bits per heavy atom. The lowest BCUT2D eigenvalue weighted by Gasteiger charge is -2.07. The zero-order valence-corrected chi connectivity index (χ0v) is 16.4. The lowest BCUT2D eigenvalue weighted by Crippen LogP contribution is -1.97. The molecule has 0 radical (unpaired) electrons. The van der Waals surface area contributed by atoms with Gasteiger partial charge in [0.2, 0.25) is 0 Å². The van der Waals surface area contributed by atoms with Gasteiger partial charge in [-0.05, 0) is 31.2 Å². The van der Waals surface area contributed by atoms with Crippen molar-refractivity contribution in [1.82, 2.24) is 14.6 Å². The Morgan fingerprint density at radius 1 is 1.11 bits per heavy atom. The van der Waals surface area contributed by atoms with Crippen LogP contribution in [0.3, 0.4) is 0 Å². The standard InChI is InChI=1S/C22H18N4OS/c1-14-19(17-10-5-6-13-26(17)25-14)22-24-20(15-8-3-4-11-18(15)27-2)21(28-22)16-9-7-12-23-16/h3-8,10-13H,9H2,1-2H3. The molecule has 4 heterocycles. The Morgan fingerprint density at radius 2 is 1.96 bits per heavy atom. The first-order valence-electron chi connectivity index (χ1n) is 9.07. The number of fused-ring (bicyclic) bond motifs is 1. The highest BCUT2D eigenvalue weighted by atomic mass is 32.1. The molecule has 1 aliphatic heterocycles. The summed E-state index contributed by atoms with van der Waals surface area (Å²) >= 11 is 1.67. The highest BCUT2D eigenvalue weighted by Gasteiger charge is 2.24. The Balaban J connectivity index is 1.76. The van der Waals surface area contributed by atoms with Crippen LogP contribution in [0.15, 0.2) is 65.9 Å². The molecular weight excluding hydrogens is 368 g/mol. The van der Waals surface area contributed by atoms with Gasteiger partial charge >= 0.3 is 0 Å². The number of para-hydroxylation sites is 1. The van der Waals surface area contributed by atoms with Crippen molar-refractivity contribution < 1.29 is 4.74 Å². The zero-order valence-electron chi connectivity index (χ0n) is 15.6. The second-order valence-electron chi connectivity index (χ2n) is 6.55. The third-order valence-electron chi connectivity index (χ3n) is 4.83. The van der Waals surface area contributed by atoms with E-state index in [0.29, 0.717) is 0 Å². The van der Waals surface area contributed by atoms with Gasteiger partial charge < -0.3 is 4.74 Å². The van der Waals surface area contributed by atoms with Gasteiger partial charge in [0.15, 0.2) is 0 Å². The first-order valence-corrected chi connectivity index (χ1v) is 9.88. The summed E-state index contributed by atoms with van der Waals surface area (Å²) < 4.78 is 7.51. The normalized spacial score (nSPS) is 13.3. The van der Waals surface area contributed by atoms with E-state index in [4.69, 9.17) is 9.72 Å². The molecule has 0 aliphatic carbocycles. The first-order chi connectivity index (χ1) is 13.8. The van der Waals surface area contributed by atoms with Crippen molar-refractivity contribution in [3.8, 4) is 27.6 Å². The molecule has 0 saturated heterocycles. The van der Waals surface area contributed by atoms with Crippen LogP contribution in [0.25, 0.3) is 27.3 Å². The van der Waals surface area contributed by atoms with E-state index in [-0.39, 0.29) is 0 Å². The molecule has 3 aromatic heterocycles. The lowest BCUT2D eigenvalue weighted by atomic mass is 10.1. The highest BCUT2D eigenvalue weighted by molar-refractivity contribution is 7.17. The van der Waals surface area contributed by atoms with E-state index in [1.54, 1.807) is 18.4 Å². The number of allylic oxidation sites excluding steroid dienone is 1. The minimum Gasteiger partial charge on any atom is -0.496 e. The van der Waals surface area contributed by atoms with E-state index in [1.807, 2.05) is 60.2 Å². The van der Waals surface area contributed by atoms with Gasteiger partial charge in [-0.2, -0.15) is 5.10 Å². The number of nitrogens with zero attached hydrogens (tertiary/aromatic N) is 4. The number of aryl methyl sites for hydroxylation is 1. The van der Waals surface area contributed by atoms with E-state index in [0.717, 1.165) is 55.8 Å². The molecule has 0 atom stereocenters. The highest BCUT2D eigenvalue weighted by Crippen LogP contribution is 2.41. The number of hydrogen-bond acceptors (Lipinski definition) is 5. The summed E-state index contributed by atoms with van der Waals surface area (Å²) in [5.74, 6) is 0.809. The molecule has 4 aromatic rings. The molecule has 0 amide bonds. The van der Waals surface area contributed by atoms with Crippen LogP contribution in [-0.2, 0) is 0 Å². The third-order valence-corrected chi connectivity index (χ3v) is 5.95. The summed E-state index contributed by atoms with van der Waals surface area (Å²) in [4.78, 5) is 10.7. The molecule has 0 fully saturated rings. The number of rotatable bonds is 4. The van der Waals surface area contributed by atoms with Crippen LogP contribution in [0.1, 0.15) is 17.0 Å². The molecule has 138 valence electrons. The van der Waals surface area contributed by atoms with Gasteiger partial charge in [0.25, 0.3) is 0 Å². The summed E-state index contributed by atoms with van der Waals surface area (Å²) in [6, 6.07) is 14.1. The second-order valence-corrected chi connectivity index (χ2v) is 7.55. The van der Waals surface area contributed by atoms with Crippen molar-refractivity contribution in [3.63, 3.8) is 0 Å². The molecule has 0 bridgehead atoms. The van der Waals surface area contributed by atoms with Crippen molar-refractivity contribution in [1.29, 1.82) is 0 Å². The monoisotopic (exact) mass is 386 g/mol. The molecule has 0 unspecified atom stereocenters. The maximum absolute atomic E-state index is 5.60. The van der Waals surface area contributed by atoms with E-state index in [2.05, 4.69) is 22.2 Å². The average molecular weight is 386 g/mol. The van der Waals surface area contributed by atoms with Gasteiger partial charge in [-0.3, -0.25) is 4.99 Å². The number of aliphatic imine (C=N–C) groups is 1. The molecule has 1 aliphatic rings. The summed E-state index contributed by atoms with van der Waals surface area (Å²) in [6.07, 6.45) is 6.71. The molecule has 5 nitrogen and oxygen atoms in total. The molecule has 5 rings (SSSR count). The van der Waals surface area contributed by atoms with Gasteiger partial charge in [-0.15, -0.1) is 11.3 Å². The summed E-state index contributed by atoms with van der Waals surface area (Å²) in [7, 11) is 1.69. The fraction of sp³-hybridized carbons (Fsp3) is 0.136. The number of methoxy groups -OCH3 is 1. The number of thiazole rings is 1. The van der Waals surface area contributed by atoms with Crippen LogP contribution in [0.2, 0.25) is 0 Å². The van der Waals surface area contributed by atoms with Crippen molar-refractivity contribution in [3.05, 3.63) is 71.5 Å². The quantitative estimate of drug-likeness (QED) is 0.487. The van der Waals surface area contributed by atoms with Crippen LogP contribution in [-0.4, -0.2) is 27.4 Å². The zero-order chi connectivity index (χ0) is 19.1. The second kappa shape index (κ2) is 6.73. The van der Waals surface area contributed by atoms with Crippen LogP contribution in [0.5, 0.6) is 5.75 Å². The summed E-state index contributed by atoms with van der Waals surface area (Å²) in [5, 5.41) is 5.60. The molecule has 0 N–H and O–H groups in total. The number of aromatic nitrogens is 3. The molecule has 0 spiro atoms. The lowest BCUT2D eigenvalue weighted by molar-refractivity contribution is 0.416. The minimum absolute atomic E-state index is 0.809. The van der Waals surface area contributed by atoms with Gasteiger partial charge in [0.1, 0.15) is 10.8 Å². The van der Waals surface area contributed by atoms with Gasteiger partial charge in [0, 0.05) is 24.4 Å². The Labute approximate surface area is 166 Å². The van der Waals surface area contributed by atoms with Gasteiger partial charge in [-0.25, -0.2) is 9.50 Å². The Bertz CT molecular complexity index is 1250. The number of ether oxygens (including phenoxy) is 1. The summed E-state index contributed by atoms with van der Waals surface area (Å²) in [5.41, 5.74) is 6.02. The Kier molecular flexibility index (Phi) is 4.06. The van der Waals surface area contributed by atoms with Crippen molar-refractivity contribution >= 4 is 22.6 Å². The Hall–Kier alpha value is -3.25. The maximum Gasteiger partial charge on any atom is 0.128 e. The van der Waals surface area contributed by atoms with E-state index >= 15 is 0 Å². The SMILES string of the molecule is COc1ccccc1-c1nc(-c2c(C)nn3ccccc23)sc1C1=NC=CC1. The number of pyridine rings is 1. The molecule has 6 heteroatoms. The third kappa shape index (κ3) is 2.65. The number of hydrogen-bond donors (Lipinski definition) is 0. The topological polar surface area (TPSA) is 51.8 Å². The number of benzene rings is 1. The van der Waals surface area contributed by atoms with E-state index < -0.39 is 0 Å². The van der Waals surface area contributed by atoms with Crippen LogP contribution >= 0.6 is 11.3 Å². The van der Waals surface area contributed by atoms with Gasteiger partial charge in [0.05, 0.1) is 40.2 Å². The van der Waals surface area contributed by atoms with Gasteiger partial charge in [-0.1, -0.05) is 24.3 Å². The fourth-order valence-electron chi connectivity index (χ4n) is 3.54. The van der Waals surface area contributed by atoms with Crippen molar-refractivity contribution in [2.45, 2.75) is 13.3 Å². The average Bonchev–Trinajstić information content (AvgIpc) is 3.45. The largest absolute Gasteiger partial charge is 0.496 e. The summed E-state index contributed by atoms with van der Waals surface area (Å²) in [6.45, 7) is 2.03. The molecule has 0 saturated carbocycles. The molecule has 28 heavy (non-hydrogen) atoms. The minimum atomic E-state index is 0.809. The van der Waals surface area contributed by atoms with E-state index in [1.165, 1.54) is 0 Å². The fourth-order valence-corrected chi connectivity index (χ4v) is 4.73. The van der Waals surface area contributed by atoms with Crippen molar-refractivity contribution in [2.24, 2.45) is 4.99 Å². The first kappa shape index (κ1) is 16.9. The smallest absolute Gasteiger partial charge is 0.128 e. The molecule has 1 aromatic carbocycles. The van der Waals surface area contributed by atoms with Crippen LogP contribution < -0.4 is 4.74 Å². The van der Waals surface area contributed by atoms with Crippen LogP contribution in [0.4, 0.5) is 0 Å². The van der Waals surface area contributed by atoms with Crippen LogP contribution in [0, 0.1) is 6.92 Å².